The number of amides is 1. The SMILES string of the molecule is CC(=O)NCCN(Cc1ccc(N(C)c2ccccc2)nc1)C(C)C(=O)O. The van der Waals surface area contributed by atoms with E-state index in [9.17, 15) is 14.7 Å². The second-order valence-corrected chi connectivity index (χ2v) is 6.39. The summed E-state index contributed by atoms with van der Waals surface area (Å²) in [5, 5.41) is 12.0. The molecule has 144 valence electrons. The number of carbonyl (C=O) groups is 2. The van der Waals surface area contributed by atoms with Gasteiger partial charge in [-0.2, -0.15) is 0 Å². The lowest BCUT2D eigenvalue weighted by Crippen LogP contribution is -2.42. The first-order chi connectivity index (χ1) is 12.9. The third-order valence-electron chi connectivity index (χ3n) is 4.36. The predicted molar refractivity (Wildman–Crippen MR) is 105 cm³/mol. The third-order valence-corrected chi connectivity index (χ3v) is 4.36. The minimum Gasteiger partial charge on any atom is -0.480 e. The first-order valence-corrected chi connectivity index (χ1v) is 8.83. The molecule has 1 aromatic carbocycles. The van der Waals surface area contributed by atoms with Gasteiger partial charge in [0, 0.05) is 45.5 Å². The van der Waals surface area contributed by atoms with Crippen LogP contribution in [0.5, 0.6) is 0 Å². The van der Waals surface area contributed by atoms with Crippen LogP contribution in [-0.2, 0) is 16.1 Å². The highest BCUT2D eigenvalue weighted by atomic mass is 16.4. The number of hydrogen-bond acceptors (Lipinski definition) is 5. The van der Waals surface area contributed by atoms with Gasteiger partial charge in [0.15, 0.2) is 0 Å². The molecule has 2 rings (SSSR count). The van der Waals surface area contributed by atoms with Crippen molar-refractivity contribution in [3.8, 4) is 0 Å². The van der Waals surface area contributed by atoms with Crippen LogP contribution in [0.1, 0.15) is 19.4 Å². The van der Waals surface area contributed by atoms with Crippen LogP contribution in [-0.4, -0.2) is 53.0 Å². The maximum atomic E-state index is 11.4. The fourth-order valence-electron chi connectivity index (χ4n) is 2.67. The standard InChI is InChI=1S/C20H26N4O3/c1-15(20(26)27)24(12-11-21-16(2)25)14-17-9-10-19(22-13-17)23(3)18-7-5-4-6-8-18/h4-10,13,15H,11-12,14H2,1-3H3,(H,21,25)(H,26,27). The van der Waals surface area contributed by atoms with Crippen molar-refractivity contribution in [1.82, 2.24) is 15.2 Å². The maximum Gasteiger partial charge on any atom is 0.320 e. The number of aliphatic carboxylic acids is 1. The zero-order valence-electron chi connectivity index (χ0n) is 15.9. The molecule has 1 amide bonds. The normalized spacial score (nSPS) is 11.9. The van der Waals surface area contributed by atoms with Gasteiger partial charge in [-0.15, -0.1) is 0 Å². The lowest BCUT2D eigenvalue weighted by Gasteiger charge is -2.26. The zero-order valence-corrected chi connectivity index (χ0v) is 15.9. The molecule has 1 atom stereocenters. The van der Waals surface area contributed by atoms with Crippen molar-refractivity contribution in [2.75, 3.05) is 25.0 Å². The number of para-hydroxylation sites is 1. The van der Waals surface area contributed by atoms with Crippen molar-refractivity contribution >= 4 is 23.4 Å². The summed E-state index contributed by atoms with van der Waals surface area (Å²) in [4.78, 5) is 30.7. The molecule has 2 aromatic rings. The fraction of sp³-hybridized carbons (Fsp3) is 0.350. The number of rotatable bonds is 9. The average Bonchev–Trinajstić information content (AvgIpc) is 2.67. The molecule has 7 heteroatoms. The summed E-state index contributed by atoms with van der Waals surface area (Å²) < 4.78 is 0. The van der Waals surface area contributed by atoms with E-state index in [0.717, 1.165) is 17.1 Å². The number of anilines is 2. The van der Waals surface area contributed by atoms with Crippen molar-refractivity contribution in [2.45, 2.75) is 26.4 Å². The Kier molecular flexibility index (Phi) is 7.31. The molecule has 1 aromatic heterocycles. The number of carboxylic acid groups (broad SMARTS) is 1. The minimum absolute atomic E-state index is 0.132. The van der Waals surface area contributed by atoms with Gasteiger partial charge in [-0.3, -0.25) is 14.5 Å². The van der Waals surface area contributed by atoms with Gasteiger partial charge in [-0.05, 0) is 30.7 Å². The number of carboxylic acids is 1. The second-order valence-electron chi connectivity index (χ2n) is 6.39. The van der Waals surface area contributed by atoms with Crippen LogP contribution < -0.4 is 10.2 Å². The van der Waals surface area contributed by atoms with Crippen LogP contribution in [0.15, 0.2) is 48.7 Å². The molecule has 7 nitrogen and oxygen atoms in total. The third kappa shape index (κ3) is 6.07. The van der Waals surface area contributed by atoms with Gasteiger partial charge >= 0.3 is 5.97 Å². The summed E-state index contributed by atoms with van der Waals surface area (Å²) in [5.41, 5.74) is 1.95. The van der Waals surface area contributed by atoms with E-state index in [4.69, 9.17) is 0 Å². The summed E-state index contributed by atoms with van der Waals surface area (Å²) in [7, 11) is 1.95. The molecule has 0 saturated carbocycles. The lowest BCUT2D eigenvalue weighted by atomic mass is 10.2. The minimum atomic E-state index is -0.897. The number of pyridine rings is 1. The number of nitrogens with zero attached hydrogens (tertiary/aromatic N) is 3. The molecule has 0 aliphatic heterocycles. The first-order valence-electron chi connectivity index (χ1n) is 8.83. The zero-order chi connectivity index (χ0) is 19.8. The Morgan fingerprint density at radius 3 is 2.44 bits per heavy atom. The van der Waals surface area contributed by atoms with Gasteiger partial charge in [0.2, 0.25) is 5.91 Å². The van der Waals surface area contributed by atoms with E-state index in [1.165, 1.54) is 6.92 Å². The predicted octanol–water partition coefficient (Wildman–Crippen LogP) is 2.26. The Morgan fingerprint density at radius 2 is 1.89 bits per heavy atom. The van der Waals surface area contributed by atoms with Crippen molar-refractivity contribution in [1.29, 1.82) is 0 Å². The summed E-state index contributed by atoms with van der Waals surface area (Å²) in [6, 6.07) is 13.1. The van der Waals surface area contributed by atoms with Gasteiger partial charge in [0.05, 0.1) is 0 Å². The van der Waals surface area contributed by atoms with Crippen molar-refractivity contribution in [2.24, 2.45) is 0 Å². The Morgan fingerprint density at radius 1 is 1.19 bits per heavy atom. The first kappa shape index (κ1) is 20.4. The molecular formula is C20H26N4O3. The molecule has 27 heavy (non-hydrogen) atoms. The van der Waals surface area contributed by atoms with Gasteiger partial charge < -0.3 is 15.3 Å². The quantitative estimate of drug-likeness (QED) is 0.704. The molecule has 2 N–H and O–H groups in total. The molecular weight excluding hydrogens is 344 g/mol. The molecule has 0 fully saturated rings. The number of benzene rings is 1. The van der Waals surface area contributed by atoms with E-state index in [0.29, 0.717) is 19.6 Å². The molecule has 1 heterocycles. The molecule has 0 saturated heterocycles. The molecule has 0 spiro atoms. The van der Waals surface area contributed by atoms with Crippen LogP contribution in [0, 0.1) is 0 Å². The van der Waals surface area contributed by atoms with E-state index < -0.39 is 12.0 Å². The summed E-state index contributed by atoms with van der Waals surface area (Å²) >= 11 is 0. The molecule has 0 bridgehead atoms. The van der Waals surface area contributed by atoms with E-state index >= 15 is 0 Å². The van der Waals surface area contributed by atoms with Crippen LogP contribution in [0.4, 0.5) is 11.5 Å². The van der Waals surface area contributed by atoms with Crippen LogP contribution in [0.25, 0.3) is 0 Å². The Labute approximate surface area is 159 Å². The highest BCUT2D eigenvalue weighted by Gasteiger charge is 2.20. The van der Waals surface area contributed by atoms with Crippen LogP contribution >= 0.6 is 0 Å². The fourth-order valence-corrected chi connectivity index (χ4v) is 2.67. The van der Waals surface area contributed by atoms with Crippen molar-refractivity contribution in [3.63, 3.8) is 0 Å². The van der Waals surface area contributed by atoms with Gasteiger partial charge in [-0.25, -0.2) is 4.98 Å². The molecule has 1 unspecified atom stereocenters. The van der Waals surface area contributed by atoms with E-state index in [-0.39, 0.29) is 5.91 Å². The topological polar surface area (TPSA) is 85.8 Å². The van der Waals surface area contributed by atoms with Gasteiger partial charge in [0.25, 0.3) is 0 Å². The average molecular weight is 370 g/mol. The van der Waals surface area contributed by atoms with Crippen LogP contribution in [0.3, 0.4) is 0 Å². The maximum absolute atomic E-state index is 11.4. The highest BCUT2D eigenvalue weighted by Crippen LogP contribution is 2.21. The molecule has 0 radical (unpaired) electrons. The van der Waals surface area contributed by atoms with E-state index in [2.05, 4.69) is 10.3 Å². The van der Waals surface area contributed by atoms with Crippen molar-refractivity contribution in [3.05, 3.63) is 54.2 Å². The molecule has 0 aliphatic carbocycles. The summed E-state index contributed by atoms with van der Waals surface area (Å²) in [6.45, 7) is 4.36. The lowest BCUT2D eigenvalue weighted by molar-refractivity contribution is -0.142. The summed E-state index contributed by atoms with van der Waals surface area (Å²) in [5.74, 6) is -0.222. The number of nitrogens with one attached hydrogen (secondary N) is 1. The van der Waals surface area contributed by atoms with Crippen molar-refractivity contribution < 1.29 is 14.7 Å². The van der Waals surface area contributed by atoms with Gasteiger partial charge in [-0.1, -0.05) is 24.3 Å². The number of aromatic nitrogens is 1. The number of carbonyl (C=O) groups excluding carboxylic acids is 1. The monoisotopic (exact) mass is 370 g/mol. The molecule has 0 aliphatic rings. The smallest absolute Gasteiger partial charge is 0.320 e. The second kappa shape index (κ2) is 9.68. The van der Waals surface area contributed by atoms with Crippen LogP contribution in [0.2, 0.25) is 0 Å². The Hall–Kier alpha value is -2.93. The Balaban J connectivity index is 2.06. The number of hydrogen-bond donors (Lipinski definition) is 2. The highest BCUT2D eigenvalue weighted by molar-refractivity contribution is 5.73. The van der Waals surface area contributed by atoms with Gasteiger partial charge in [0.1, 0.15) is 11.9 Å². The summed E-state index contributed by atoms with van der Waals surface area (Å²) in [6.07, 6.45) is 1.76. The van der Waals surface area contributed by atoms with E-state index in [1.54, 1.807) is 18.0 Å². The Bertz CT molecular complexity index is 750. The van der Waals surface area contributed by atoms with E-state index in [1.807, 2.05) is 54.4 Å². The largest absolute Gasteiger partial charge is 0.480 e.